The zero-order chi connectivity index (χ0) is 16.5. The third-order valence-electron chi connectivity index (χ3n) is 4.44. The standard InChI is InChI=1S/C17H19N3O3S/c1-22-14-4-2-3-11-7-12(9-23-15(11)14)16(21)19-8-13-10-24-17-18-5-6-20(13)17/h2-4,10,12H,5-9H2,1H3,(H,19,21)/t12-/m0/s1. The van der Waals surface area contributed by atoms with Gasteiger partial charge in [0, 0.05) is 17.6 Å². The molecule has 0 fully saturated rings. The van der Waals surface area contributed by atoms with E-state index in [0.717, 1.165) is 41.0 Å². The summed E-state index contributed by atoms with van der Waals surface area (Å²) >= 11 is 1.63. The summed E-state index contributed by atoms with van der Waals surface area (Å²) in [5, 5.41) is 6.15. The van der Waals surface area contributed by atoms with E-state index >= 15 is 0 Å². The summed E-state index contributed by atoms with van der Waals surface area (Å²) in [6.07, 6.45) is 0.669. The molecular formula is C17H19N3O3S. The SMILES string of the molecule is COc1cccc2c1OC[C@@H](C(=O)NCC1=CSC3=NCCN13)C2. The van der Waals surface area contributed by atoms with E-state index in [1.54, 1.807) is 18.9 Å². The number of aliphatic imine (C=N–C) groups is 1. The maximum atomic E-state index is 12.5. The van der Waals surface area contributed by atoms with Crippen molar-refractivity contribution in [3.8, 4) is 11.5 Å². The second-order valence-electron chi connectivity index (χ2n) is 5.92. The van der Waals surface area contributed by atoms with Gasteiger partial charge in [-0.2, -0.15) is 0 Å². The number of amides is 1. The van der Waals surface area contributed by atoms with Gasteiger partial charge in [-0.05, 0) is 18.1 Å². The molecule has 1 N–H and O–H groups in total. The Balaban J connectivity index is 1.37. The highest BCUT2D eigenvalue weighted by atomic mass is 32.2. The number of para-hydroxylation sites is 1. The lowest BCUT2D eigenvalue weighted by atomic mass is 9.95. The molecule has 1 aromatic carbocycles. The van der Waals surface area contributed by atoms with E-state index in [1.165, 1.54) is 0 Å². The average Bonchev–Trinajstić information content (AvgIpc) is 3.22. The van der Waals surface area contributed by atoms with Crippen molar-refractivity contribution in [3.05, 3.63) is 34.9 Å². The van der Waals surface area contributed by atoms with Crippen LogP contribution in [0.15, 0.2) is 34.3 Å². The number of fused-ring (bicyclic) bond motifs is 2. The smallest absolute Gasteiger partial charge is 0.227 e. The van der Waals surface area contributed by atoms with Crippen molar-refractivity contribution in [2.24, 2.45) is 10.9 Å². The monoisotopic (exact) mass is 345 g/mol. The van der Waals surface area contributed by atoms with Crippen LogP contribution in [0.5, 0.6) is 11.5 Å². The van der Waals surface area contributed by atoms with Crippen LogP contribution in [0, 0.1) is 5.92 Å². The summed E-state index contributed by atoms with van der Waals surface area (Å²) in [5.41, 5.74) is 2.13. The largest absolute Gasteiger partial charge is 0.493 e. The zero-order valence-corrected chi connectivity index (χ0v) is 14.3. The maximum absolute atomic E-state index is 12.5. The second-order valence-corrected chi connectivity index (χ2v) is 6.76. The number of carbonyl (C=O) groups is 1. The van der Waals surface area contributed by atoms with Crippen LogP contribution in [-0.2, 0) is 11.2 Å². The van der Waals surface area contributed by atoms with Gasteiger partial charge in [0.15, 0.2) is 16.7 Å². The molecule has 1 amide bonds. The minimum absolute atomic E-state index is 0.0268. The predicted molar refractivity (Wildman–Crippen MR) is 93.4 cm³/mol. The molecule has 1 aromatic rings. The van der Waals surface area contributed by atoms with Gasteiger partial charge in [-0.1, -0.05) is 23.9 Å². The van der Waals surface area contributed by atoms with Crippen molar-refractivity contribution >= 4 is 22.8 Å². The molecule has 6 nitrogen and oxygen atoms in total. The van der Waals surface area contributed by atoms with Crippen molar-refractivity contribution in [2.75, 3.05) is 33.4 Å². The Morgan fingerprint density at radius 2 is 2.46 bits per heavy atom. The Kier molecular flexibility index (Phi) is 4.10. The van der Waals surface area contributed by atoms with E-state index < -0.39 is 0 Å². The number of hydrogen-bond acceptors (Lipinski definition) is 6. The lowest BCUT2D eigenvalue weighted by Gasteiger charge is -2.26. The Labute approximate surface area is 144 Å². The number of thioether (sulfide) groups is 1. The minimum Gasteiger partial charge on any atom is -0.493 e. The molecule has 0 spiro atoms. The fourth-order valence-corrected chi connectivity index (χ4v) is 4.11. The normalized spacial score (nSPS) is 21.4. The molecule has 3 aliphatic heterocycles. The highest BCUT2D eigenvalue weighted by Gasteiger charge is 2.30. The van der Waals surface area contributed by atoms with Crippen LogP contribution in [0.1, 0.15) is 5.56 Å². The van der Waals surface area contributed by atoms with Gasteiger partial charge in [0.2, 0.25) is 5.91 Å². The summed E-state index contributed by atoms with van der Waals surface area (Å²) in [6.45, 7) is 2.65. The van der Waals surface area contributed by atoms with E-state index in [9.17, 15) is 4.79 Å². The predicted octanol–water partition coefficient (Wildman–Crippen LogP) is 1.62. The maximum Gasteiger partial charge on any atom is 0.227 e. The first-order valence-electron chi connectivity index (χ1n) is 8.00. The third kappa shape index (κ3) is 2.73. The van der Waals surface area contributed by atoms with E-state index in [-0.39, 0.29) is 11.8 Å². The topological polar surface area (TPSA) is 63.2 Å². The van der Waals surface area contributed by atoms with Crippen LogP contribution >= 0.6 is 11.8 Å². The Morgan fingerprint density at radius 3 is 3.33 bits per heavy atom. The summed E-state index contributed by atoms with van der Waals surface area (Å²) in [6, 6.07) is 5.79. The van der Waals surface area contributed by atoms with Gasteiger partial charge in [-0.3, -0.25) is 9.79 Å². The molecule has 3 heterocycles. The van der Waals surface area contributed by atoms with Crippen LogP contribution < -0.4 is 14.8 Å². The first-order valence-corrected chi connectivity index (χ1v) is 8.88. The molecule has 0 saturated heterocycles. The number of amidine groups is 1. The number of hydrogen-bond donors (Lipinski definition) is 1. The molecule has 126 valence electrons. The lowest BCUT2D eigenvalue weighted by Crippen LogP contribution is -2.39. The first kappa shape index (κ1) is 15.4. The molecule has 0 aliphatic carbocycles. The number of carbonyl (C=O) groups excluding carboxylic acids is 1. The number of methoxy groups -OCH3 is 1. The summed E-state index contributed by atoms with van der Waals surface area (Å²) in [4.78, 5) is 19.1. The van der Waals surface area contributed by atoms with E-state index in [1.807, 2.05) is 18.2 Å². The molecule has 7 heteroatoms. The zero-order valence-electron chi connectivity index (χ0n) is 13.4. The van der Waals surface area contributed by atoms with Gasteiger partial charge in [0.25, 0.3) is 0 Å². The quantitative estimate of drug-likeness (QED) is 0.898. The molecule has 0 unspecified atom stereocenters. The molecule has 4 rings (SSSR count). The Morgan fingerprint density at radius 1 is 1.54 bits per heavy atom. The van der Waals surface area contributed by atoms with Gasteiger partial charge in [-0.15, -0.1) is 0 Å². The molecule has 24 heavy (non-hydrogen) atoms. The van der Waals surface area contributed by atoms with Crippen molar-refractivity contribution in [1.82, 2.24) is 10.2 Å². The minimum atomic E-state index is -0.175. The average molecular weight is 345 g/mol. The number of ether oxygens (including phenoxy) is 2. The van der Waals surface area contributed by atoms with Crippen LogP contribution in [0.3, 0.4) is 0 Å². The summed E-state index contributed by atoms with van der Waals surface area (Å²) in [7, 11) is 1.63. The molecule has 0 saturated carbocycles. The Bertz CT molecular complexity index is 732. The highest BCUT2D eigenvalue weighted by molar-refractivity contribution is 8.16. The summed E-state index contributed by atoms with van der Waals surface area (Å²) in [5.74, 6) is 1.34. The van der Waals surface area contributed by atoms with E-state index in [2.05, 4.69) is 20.6 Å². The number of nitrogens with zero attached hydrogens (tertiary/aromatic N) is 2. The van der Waals surface area contributed by atoms with Crippen LogP contribution in [0.2, 0.25) is 0 Å². The highest BCUT2D eigenvalue weighted by Crippen LogP contribution is 2.36. The van der Waals surface area contributed by atoms with Gasteiger partial charge < -0.3 is 19.7 Å². The van der Waals surface area contributed by atoms with Crippen molar-refractivity contribution in [3.63, 3.8) is 0 Å². The second kappa shape index (κ2) is 6.39. The van der Waals surface area contributed by atoms with Crippen LogP contribution in [0.4, 0.5) is 0 Å². The van der Waals surface area contributed by atoms with Crippen molar-refractivity contribution in [1.29, 1.82) is 0 Å². The van der Waals surface area contributed by atoms with Crippen LogP contribution in [0.25, 0.3) is 0 Å². The molecule has 0 bridgehead atoms. The van der Waals surface area contributed by atoms with Gasteiger partial charge >= 0.3 is 0 Å². The fraction of sp³-hybridized carbons (Fsp3) is 0.412. The summed E-state index contributed by atoms with van der Waals surface area (Å²) < 4.78 is 11.1. The van der Waals surface area contributed by atoms with E-state index in [0.29, 0.717) is 19.6 Å². The Hall–Kier alpha value is -2.15. The third-order valence-corrected chi connectivity index (χ3v) is 5.39. The molecular weight excluding hydrogens is 326 g/mol. The van der Waals surface area contributed by atoms with Crippen LogP contribution in [-0.4, -0.2) is 49.3 Å². The lowest BCUT2D eigenvalue weighted by molar-refractivity contribution is -0.126. The first-order chi connectivity index (χ1) is 11.8. The van der Waals surface area contributed by atoms with Gasteiger partial charge in [0.05, 0.1) is 26.1 Å². The number of nitrogens with one attached hydrogen (secondary N) is 1. The fourth-order valence-electron chi connectivity index (χ4n) is 3.16. The number of benzene rings is 1. The van der Waals surface area contributed by atoms with Gasteiger partial charge in [0.1, 0.15) is 6.61 Å². The van der Waals surface area contributed by atoms with Crippen molar-refractivity contribution in [2.45, 2.75) is 6.42 Å². The molecule has 1 atom stereocenters. The van der Waals surface area contributed by atoms with Crippen molar-refractivity contribution < 1.29 is 14.3 Å². The molecule has 0 radical (unpaired) electrons. The molecule has 3 aliphatic rings. The van der Waals surface area contributed by atoms with Gasteiger partial charge in [-0.25, -0.2) is 0 Å². The van der Waals surface area contributed by atoms with E-state index in [4.69, 9.17) is 9.47 Å². The molecule has 0 aromatic heterocycles. The number of rotatable bonds is 4.